The fraction of sp³-hybridized carbons (Fsp3) is 1.00. The summed E-state index contributed by atoms with van der Waals surface area (Å²) in [5.74, 6) is 0. The molecule has 0 heterocycles. The Labute approximate surface area is 93.6 Å². The van der Waals surface area contributed by atoms with Gasteiger partial charge in [-0.15, -0.1) is 4.52 Å². The first-order chi connectivity index (χ1) is 4.06. The summed E-state index contributed by atoms with van der Waals surface area (Å²) in [4.78, 5) is 0. The van der Waals surface area contributed by atoms with Crippen LogP contribution in [0.15, 0.2) is 0 Å². The molecular formula is C5H14CaNO2P+4. The summed E-state index contributed by atoms with van der Waals surface area (Å²) in [7, 11) is 5.58. The molecule has 1 unspecified atom stereocenters. The molecule has 0 aliphatic heterocycles. The molecule has 0 saturated carbocycles. The van der Waals surface area contributed by atoms with Crippen molar-refractivity contribution >= 4 is 46.4 Å². The molecule has 0 saturated heterocycles. The van der Waals surface area contributed by atoms with Gasteiger partial charge >= 0.3 is 46.4 Å². The normalized spacial score (nSPS) is 11.1. The molecule has 54 valence electrons. The van der Waals surface area contributed by atoms with E-state index in [4.69, 9.17) is 0 Å². The molecule has 5 heteroatoms. The third-order valence-electron chi connectivity index (χ3n) is 0.923. The minimum Gasteiger partial charge on any atom is -0.329 e. The maximum atomic E-state index is 9.81. The third kappa shape index (κ3) is 12.0. The Bertz CT molecular complexity index is 94.1. The van der Waals surface area contributed by atoms with E-state index in [0.29, 0.717) is 6.61 Å². The molecule has 0 aromatic heterocycles. The number of hydrogen-bond acceptors (Lipinski definition) is 2. The summed E-state index contributed by atoms with van der Waals surface area (Å²) in [6, 6.07) is 0. The number of likely N-dealkylation sites (N-methyl/N-ethyl adjacent to an activating group) is 1. The summed E-state index contributed by atoms with van der Waals surface area (Å²) in [6.45, 7) is 1.47. The van der Waals surface area contributed by atoms with Gasteiger partial charge in [0.15, 0.2) is 6.61 Å². The molecule has 0 fully saturated rings. The van der Waals surface area contributed by atoms with Crippen molar-refractivity contribution in [3.63, 3.8) is 0 Å². The van der Waals surface area contributed by atoms with Crippen LogP contribution in [0.1, 0.15) is 0 Å². The van der Waals surface area contributed by atoms with Crippen LogP contribution in [0, 0.1) is 0 Å². The van der Waals surface area contributed by atoms with Crippen LogP contribution in [-0.4, -0.2) is 76.5 Å². The van der Waals surface area contributed by atoms with E-state index in [9.17, 15) is 4.57 Å². The van der Waals surface area contributed by atoms with E-state index >= 15 is 0 Å². The van der Waals surface area contributed by atoms with Crippen molar-refractivity contribution in [3.05, 3.63) is 0 Å². The van der Waals surface area contributed by atoms with Crippen molar-refractivity contribution in [1.29, 1.82) is 0 Å². The molecule has 0 radical (unpaired) electrons. The molecule has 1 atom stereocenters. The molecule has 0 aromatic carbocycles. The van der Waals surface area contributed by atoms with Gasteiger partial charge in [-0.25, -0.2) is 0 Å². The number of hydrogen-bond donors (Lipinski definition) is 0. The minimum atomic E-state index is -0.616. The van der Waals surface area contributed by atoms with E-state index in [-0.39, 0.29) is 37.7 Å². The van der Waals surface area contributed by atoms with Gasteiger partial charge in [0.05, 0.1) is 21.1 Å². The standard InChI is InChI=1S/C5H14NO2P.Ca/c1-6(2,3)4-5-8-9-7;/h9H,4-5H2,1-3H3;/q2*+2. The zero-order valence-electron chi connectivity index (χ0n) is 6.89. The fourth-order valence-corrected chi connectivity index (χ4v) is 0.536. The van der Waals surface area contributed by atoms with Gasteiger partial charge in [0.1, 0.15) is 6.54 Å². The quantitative estimate of drug-likeness (QED) is 0.276. The van der Waals surface area contributed by atoms with E-state index in [0.717, 1.165) is 11.0 Å². The first kappa shape index (κ1) is 13.8. The molecule has 0 rings (SSSR count). The maximum absolute atomic E-state index is 9.81. The molecule has 0 N–H and O–H groups in total. The average molecular weight is 191 g/mol. The van der Waals surface area contributed by atoms with Crippen LogP contribution in [0.25, 0.3) is 0 Å². The summed E-state index contributed by atoms with van der Waals surface area (Å²) >= 11 is 0. The monoisotopic (exact) mass is 191 g/mol. The second kappa shape index (κ2) is 6.96. The van der Waals surface area contributed by atoms with E-state index in [2.05, 4.69) is 25.7 Å². The van der Waals surface area contributed by atoms with Crippen LogP contribution in [0.2, 0.25) is 0 Å². The van der Waals surface area contributed by atoms with Gasteiger partial charge in [-0.05, 0) is 4.57 Å². The number of nitrogens with zero attached hydrogens (tertiary/aromatic N) is 1. The van der Waals surface area contributed by atoms with Crippen LogP contribution in [0.3, 0.4) is 0 Å². The topological polar surface area (TPSA) is 26.3 Å². The first-order valence-electron chi connectivity index (χ1n) is 2.85. The molecule has 0 aliphatic rings. The Balaban J connectivity index is 0. The zero-order valence-corrected chi connectivity index (χ0v) is 10.1. The predicted octanol–water partition coefficient (Wildman–Crippen LogP) is 0.267. The van der Waals surface area contributed by atoms with Gasteiger partial charge in [0.2, 0.25) is 0 Å². The van der Waals surface area contributed by atoms with Crippen molar-refractivity contribution in [1.82, 2.24) is 0 Å². The van der Waals surface area contributed by atoms with Crippen LogP contribution in [0.4, 0.5) is 0 Å². The third-order valence-corrected chi connectivity index (χ3v) is 1.25. The van der Waals surface area contributed by atoms with Gasteiger partial charge < -0.3 is 4.48 Å². The smallest absolute Gasteiger partial charge is 0.329 e. The van der Waals surface area contributed by atoms with Gasteiger partial charge in [-0.3, -0.25) is 0 Å². The van der Waals surface area contributed by atoms with Crippen LogP contribution >= 0.6 is 8.69 Å². The molecule has 0 aliphatic carbocycles. The van der Waals surface area contributed by atoms with E-state index in [1.54, 1.807) is 0 Å². The second-order valence-electron chi connectivity index (χ2n) is 2.95. The summed E-state index contributed by atoms with van der Waals surface area (Å²) in [5.41, 5.74) is 0. The van der Waals surface area contributed by atoms with Crippen molar-refractivity contribution in [2.24, 2.45) is 0 Å². The summed E-state index contributed by atoms with van der Waals surface area (Å²) in [5, 5.41) is 0. The molecule has 0 spiro atoms. The summed E-state index contributed by atoms with van der Waals surface area (Å²) in [6.07, 6.45) is 0. The van der Waals surface area contributed by atoms with Gasteiger partial charge in [0, 0.05) is 0 Å². The van der Waals surface area contributed by atoms with E-state index in [1.165, 1.54) is 0 Å². The van der Waals surface area contributed by atoms with Gasteiger partial charge in [-0.1, -0.05) is 0 Å². The summed E-state index contributed by atoms with van der Waals surface area (Å²) < 4.78 is 15.3. The van der Waals surface area contributed by atoms with E-state index in [1.807, 2.05) is 0 Å². The Morgan fingerprint density at radius 3 is 2.20 bits per heavy atom. The Morgan fingerprint density at radius 2 is 1.90 bits per heavy atom. The maximum Gasteiger partial charge on any atom is 2.00 e. The average Bonchev–Trinajstić information content (AvgIpc) is 1.63. The Hall–Kier alpha value is 1.28. The Morgan fingerprint density at radius 1 is 1.40 bits per heavy atom. The molecule has 0 aromatic rings. The van der Waals surface area contributed by atoms with Crippen LogP contribution in [0.5, 0.6) is 0 Å². The molecular weight excluding hydrogens is 177 g/mol. The van der Waals surface area contributed by atoms with Crippen LogP contribution in [-0.2, 0) is 9.09 Å². The minimum absolute atomic E-state index is 0. The second-order valence-corrected chi connectivity index (χ2v) is 3.40. The van der Waals surface area contributed by atoms with Crippen molar-refractivity contribution in [2.75, 3.05) is 34.3 Å². The largest absolute Gasteiger partial charge is 2.00 e. The molecule has 0 bridgehead atoms. The molecule has 0 amide bonds. The van der Waals surface area contributed by atoms with E-state index < -0.39 is 8.69 Å². The van der Waals surface area contributed by atoms with Crippen molar-refractivity contribution in [3.8, 4) is 0 Å². The molecule has 3 nitrogen and oxygen atoms in total. The first-order valence-corrected chi connectivity index (χ1v) is 3.67. The fourth-order valence-electron chi connectivity index (χ4n) is 0.361. The van der Waals surface area contributed by atoms with Gasteiger partial charge in [-0.2, -0.15) is 0 Å². The SMILES string of the molecule is C[N+](C)(C)CCO[PH+]=O.[Ca+2]. The van der Waals surface area contributed by atoms with Crippen molar-refractivity contribution < 1.29 is 13.6 Å². The number of quaternary nitrogens is 1. The molecule has 10 heavy (non-hydrogen) atoms. The van der Waals surface area contributed by atoms with Crippen molar-refractivity contribution in [2.45, 2.75) is 0 Å². The zero-order chi connectivity index (χ0) is 7.33. The predicted molar refractivity (Wildman–Crippen MR) is 43.6 cm³/mol. The van der Waals surface area contributed by atoms with Crippen LogP contribution < -0.4 is 0 Å². The number of rotatable bonds is 4. The van der Waals surface area contributed by atoms with Gasteiger partial charge in [0.25, 0.3) is 0 Å². The Kier molecular flexibility index (Phi) is 9.63.